The molecular formula is C13H26N2O2. The van der Waals surface area contributed by atoms with Gasteiger partial charge in [0.25, 0.3) is 0 Å². The fraction of sp³-hybridized carbons (Fsp3) is 0.923. The van der Waals surface area contributed by atoms with E-state index < -0.39 is 5.60 Å². The molecule has 4 heteroatoms. The second-order valence-corrected chi connectivity index (χ2v) is 5.80. The lowest BCUT2D eigenvalue weighted by molar-refractivity contribution is 0.0507. The lowest BCUT2D eigenvalue weighted by Crippen LogP contribution is -2.43. The number of amides is 1. The highest BCUT2D eigenvalue weighted by Gasteiger charge is 2.24. The molecule has 1 aliphatic heterocycles. The molecule has 0 saturated carbocycles. The summed E-state index contributed by atoms with van der Waals surface area (Å²) < 4.78 is 5.23. The summed E-state index contributed by atoms with van der Waals surface area (Å²) in [4.78, 5) is 11.5. The van der Waals surface area contributed by atoms with Gasteiger partial charge in [0.15, 0.2) is 0 Å². The van der Waals surface area contributed by atoms with Crippen molar-refractivity contribution < 1.29 is 9.53 Å². The number of alkyl carbamates (subject to hydrolysis) is 1. The SMILES string of the molecule is CC[C@H]1CNCC[C@H]1CNC(=O)OC(C)(C)C. The number of hydrogen-bond acceptors (Lipinski definition) is 3. The minimum Gasteiger partial charge on any atom is -0.444 e. The Morgan fingerprint density at radius 1 is 1.41 bits per heavy atom. The predicted molar refractivity (Wildman–Crippen MR) is 69.0 cm³/mol. The van der Waals surface area contributed by atoms with Crippen LogP contribution in [0.4, 0.5) is 4.79 Å². The third-order valence-corrected chi connectivity index (χ3v) is 3.20. The van der Waals surface area contributed by atoms with Crippen molar-refractivity contribution in [1.29, 1.82) is 0 Å². The quantitative estimate of drug-likeness (QED) is 0.797. The minimum atomic E-state index is -0.414. The van der Waals surface area contributed by atoms with Crippen molar-refractivity contribution in [3.63, 3.8) is 0 Å². The van der Waals surface area contributed by atoms with Crippen molar-refractivity contribution in [1.82, 2.24) is 10.6 Å². The van der Waals surface area contributed by atoms with Crippen molar-refractivity contribution in [2.45, 2.75) is 46.1 Å². The van der Waals surface area contributed by atoms with Crippen LogP contribution in [0, 0.1) is 11.8 Å². The summed E-state index contributed by atoms with van der Waals surface area (Å²) >= 11 is 0. The predicted octanol–water partition coefficient (Wildman–Crippen LogP) is 2.15. The molecule has 1 fully saturated rings. The van der Waals surface area contributed by atoms with Gasteiger partial charge in [-0.3, -0.25) is 0 Å². The molecule has 0 spiro atoms. The van der Waals surface area contributed by atoms with E-state index in [1.54, 1.807) is 0 Å². The van der Waals surface area contributed by atoms with Gasteiger partial charge in [-0.25, -0.2) is 4.79 Å². The highest BCUT2D eigenvalue weighted by Crippen LogP contribution is 2.21. The van der Waals surface area contributed by atoms with Crippen LogP contribution in [0.2, 0.25) is 0 Å². The second-order valence-electron chi connectivity index (χ2n) is 5.80. The van der Waals surface area contributed by atoms with Crippen LogP contribution in [0.3, 0.4) is 0 Å². The number of rotatable bonds is 3. The first-order valence-corrected chi connectivity index (χ1v) is 6.60. The number of piperidine rings is 1. The molecule has 1 heterocycles. The molecular weight excluding hydrogens is 216 g/mol. The van der Waals surface area contributed by atoms with Gasteiger partial charge < -0.3 is 15.4 Å². The molecule has 0 aliphatic carbocycles. The molecule has 1 saturated heterocycles. The number of nitrogens with one attached hydrogen (secondary N) is 2. The molecule has 4 nitrogen and oxygen atoms in total. The van der Waals surface area contributed by atoms with Crippen molar-refractivity contribution in [3.8, 4) is 0 Å². The third kappa shape index (κ3) is 5.39. The maximum Gasteiger partial charge on any atom is 0.407 e. The zero-order chi connectivity index (χ0) is 12.9. The van der Waals surface area contributed by atoms with Gasteiger partial charge in [0.05, 0.1) is 0 Å². The summed E-state index contributed by atoms with van der Waals surface area (Å²) in [5.74, 6) is 1.24. The topological polar surface area (TPSA) is 50.4 Å². The van der Waals surface area contributed by atoms with Gasteiger partial charge >= 0.3 is 6.09 Å². The van der Waals surface area contributed by atoms with Gasteiger partial charge in [0.1, 0.15) is 5.60 Å². The minimum absolute atomic E-state index is 0.300. The molecule has 17 heavy (non-hydrogen) atoms. The molecule has 0 aromatic heterocycles. The summed E-state index contributed by atoms with van der Waals surface area (Å²) in [5.41, 5.74) is -0.414. The molecule has 0 bridgehead atoms. The van der Waals surface area contributed by atoms with Gasteiger partial charge in [-0.05, 0) is 52.1 Å². The second kappa shape index (κ2) is 6.24. The molecule has 0 unspecified atom stereocenters. The summed E-state index contributed by atoms with van der Waals surface area (Å²) in [5, 5.41) is 6.28. The number of ether oxygens (including phenoxy) is 1. The Balaban J connectivity index is 2.31. The fourth-order valence-corrected chi connectivity index (χ4v) is 2.25. The van der Waals surface area contributed by atoms with Crippen molar-refractivity contribution in [3.05, 3.63) is 0 Å². The van der Waals surface area contributed by atoms with Crippen molar-refractivity contribution >= 4 is 6.09 Å². The van der Waals surface area contributed by atoms with E-state index >= 15 is 0 Å². The number of hydrogen-bond donors (Lipinski definition) is 2. The largest absolute Gasteiger partial charge is 0.444 e. The zero-order valence-corrected chi connectivity index (χ0v) is 11.5. The van der Waals surface area contributed by atoms with E-state index in [0.29, 0.717) is 11.8 Å². The summed E-state index contributed by atoms with van der Waals surface area (Å²) in [6.07, 6.45) is 1.99. The Labute approximate surface area is 104 Å². The van der Waals surface area contributed by atoms with Crippen LogP contribution in [-0.4, -0.2) is 31.3 Å². The van der Waals surface area contributed by atoms with Crippen LogP contribution in [0.1, 0.15) is 40.5 Å². The zero-order valence-electron chi connectivity index (χ0n) is 11.5. The Hall–Kier alpha value is -0.770. The summed E-state index contributed by atoms with van der Waals surface area (Å²) in [6, 6.07) is 0. The number of carbonyl (C=O) groups excluding carboxylic acids is 1. The maximum atomic E-state index is 11.5. The van der Waals surface area contributed by atoms with E-state index in [1.807, 2.05) is 20.8 Å². The maximum absolute atomic E-state index is 11.5. The first-order chi connectivity index (χ1) is 7.92. The molecule has 2 atom stereocenters. The highest BCUT2D eigenvalue weighted by atomic mass is 16.6. The van der Waals surface area contributed by atoms with E-state index in [2.05, 4.69) is 17.6 Å². The smallest absolute Gasteiger partial charge is 0.407 e. The molecule has 1 rings (SSSR count). The molecule has 0 aromatic rings. The molecule has 0 aromatic carbocycles. The normalized spacial score (nSPS) is 25.4. The van der Waals surface area contributed by atoms with E-state index in [4.69, 9.17) is 4.74 Å². The average Bonchev–Trinajstić information content (AvgIpc) is 2.24. The molecule has 100 valence electrons. The van der Waals surface area contributed by atoms with Gasteiger partial charge in [-0.2, -0.15) is 0 Å². The lowest BCUT2D eigenvalue weighted by Gasteiger charge is -2.31. The monoisotopic (exact) mass is 242 g/mol. The molecule has 2 N–H and O–H groups in total. The Morgan fingerprint density at radius 3 is 2.71 bits per heavy atom. The number of carbonyl (C=O) groups is 1. The molecule has 1 amide bonds. The van der Waals surface area contributed by atoms with Gasteiger partial charge in [-0.15, -0.1) is 0 Å². The average molecular weight is 242 g/mol. The lowest BCUT2D eigenvalue weighted by atomic mass is 9.84. The van der Waals surface area contributed by atoms with E-state index in [-0.39, 0.29) is 6.09 Å². The first kappa shape index (κ1) is 14.3. The van der Waals surface area contributed by atoms with Crippen molar-refractivity contribution in [2.24, 2.45) is 11.8 Å². The Morgan fingerprint density at radius 2 is 2.12 bits per heavy atom. The Kier molecular flexibility index (Phi) is 5.25. The highest BCUT2D eigenvalue weighted by molar-refractivity contribution is 5.67. The van der Waals surface area contributed by atoms with E-state index in [1.165, 1.54) is 0 Å². The Bertz CT molecular complexity index is 248. The van der Waals surface area contributed by atoms with E-state index in [0.717, 1.165) is 32.5 Å². The van der Waals surface area contributed by atoms with Crippen LogP contribution in [-0.2, 0) is 4.74 Å². The van der Waals surface area contributed by atoms with Crippen LogP contribution in [0.25, 0.3) is 0 Å². The van der Waals surface area contributed by atoms with Crippen molar-refractivity contribution in [2.75, 3.05) is 19.6 Å². The van der Waals surface area contributed by atoms with Gasteiger partial charge in [-0.1, -0.05) is 13.3 Å². The summed E-state index contributed by atoms with van der Waals surface area (Å²) in [6.45, 7) is 10.7. The summed E-state index contributed by atoms with van der Waals surface area (Å²) in [7, 11) is 0. The first-order valence-electron chi connectivity index (χ1n) is 6.60. The van der Waals surface area contributed by atoms with Gasteiger partial charge in [0.2, 0.25) is 0 Å². The molecule has 1 aliphatic rings. The fourth-order valence-electron chi connectivity index (χ4n) is 2.25. The van der Waals surface area contributed by atoms with Crippen LogP contribution in [0.15, 0.2) is 0 Å². The van der Waals surface area contributed by atoms with E-state index in [9.17, 15) is 4.79 Å². The molecule has 0 radical (unpaired) electrons. The van der Waals surface area contributed by atoms with Crippen LogP contribution < -0.4 is 10.6 Å². The van der Waals surface area contributed by atoms with Crippen LogP contribution >= 0.6 is 0 Å². The van der Waals surface area contributed by atoms with Gasteiger partial charge in [0, 0.05) is 6.54 Å². The standard InChI is InChI=1S/C13H26N2O2/c1-5-10-8-14-7-6-11(10)9-15-12(16)17-13(2,3)4/h10-11,14H,5-9H2,1-4H3,(H,15,16)/t10-,11-/m0/s1. The third-order valence-electron chi connectivity index (χ3n) is 3.20. The van der Waals surface area contributed by atoms with Crippen LogP contribution in [0.5, 0.6) is 0 Å².